The number of carbonyl (C=O) groups excluding carboxylic acids is 2. The molecule has 39 heavy (non-hydrogen) atoms. The minimum Gasteiger partial charge on any atom is -0.465 e. The molecule has 0 unspecified atom stereocenters. The summed E-state index contributed by atoms with van der Waals surface area (Å²) in [6.07, 6.45) is 3.13. The van der Waals surface area contributed by atoms with Crippen molar-refractivity contribution in [1.82, 2.24) is 9.97 Å². The zero-order valence-corrected chi connectivity index (χ0v) is 22.6. The molecule has 0 radical (unpaired) electrons. The van der Waals surface area contributed by atoms with Crippen LogP contribution in [0.5, 0.6) is 0 Å². The van der Waals surface area contributed by atoms with Gasteiger partial charge < -0.3 is 4.74 Å². The molecule has 6 rings (SSSR count). The van der Waals surface area contributed by atoms with Crippen LogP contribution in [0.2, 0.25) is 0 Å². The monoisotopic (exact) mass is 516 g/mol. The molecular weight excluding hydrogens is 484 g/mol. The summed E-state index contributed by atoms with van der Waals surface area (Å²) in [7, 11) is 1.39. The van der Waals surface area contributed by atoms with E-state index in [1.807, 2.05) is 19.1 Å². The van der Waals surface area contributed by atoms with Gasteiger partial charge in [0.2, 0.25) is 0 Å². The second-order valence-corrected chi connectivity index (χ2v) is 10.8. The summed E-state index contributed by atoms with van der Waals surface area (Å²) in [4.78, 5) is 34.9. The van der Waals surface area contributed by atoms with Crippen molar-refractivity contribution in [2.24, 2.45) is 11.8 Å². The fraction of sp³-hybridized carbons (Fsp3) is 0.294. The van der Waals surface area contributed by atoms with Crippen molar-refractivity contribution in [3.8, 4) is 22.4 Å². The van der Waals surface area contributed by atoms with Crippen LogP contribution in [-0.4, -0.2) is 28.8 Å². The molecule has 1 fully saturated rings. The molecule has 1 heterocycles. The van der Waals surface area contributed by atoms with E-state index >= 15 is 0 Å². The summed E-state index contributed by atoms with van der Waals surface area (Å²) in [6, 6.07) is 26.6. The van der Waals surface area contributed by atoms with Crippen LogP contribution in [-0.2, 0) is 21.4 Å². The van der Waals surface area contributed by atoms with Crippen molar-refractivity contribution < 1.29 is 14.3 Å². The van der Waals surface area contributed by atoms with Gasteiger partial charge in [0.1, 0.15) is 11.6 Å². The largest absolute Gasteiger partial charge is 0.465 e. The van der Waals surface area contributed by atoms with E-state index in [9.17, 15) is 9.59 Å². The highest BCUT2D eigenvalue weighted by Gasteiger charge is 2.53. The average molecular weight is 517 g/mol. The van der Waals surface area contributed by atoms with Crippen molar-refractivity contribution in [2.75, 3.05) is 7.11 Å². The number of methoxy groups -OCH3 is 1. The molecular formula is C34H32N2O3. The van der Waals surface area contributed by atoms with Crippen LogP contribution in [0, 0.1) is 18.8 Å². The number of hydrogen-bond acceptors (Lipinski definition) is 5. The SMILES string of the molecule is COC(=O)c1ccc(-c2cccc(-c3nc(C)nc4c3CC[C@H]3[C@H](C)C(=O)CC[C@]43c3ccccc3)c2)cc1. The Labute approximate surface area is 229 Å². The number of nitrogens with zero attached hydrogens (tertiary/aromatic N) is 2. The Hall–Kier alpha value is -4.12. The first-order valence-electron chi connectivity index (χ1n) is 13.7. The summed E-state index contributed by atoms with van der Waals surface area (Å²) < 4.78 is 4.84. The maximum absolute atomic E-state index is 12.9. The highest BCUT2D eigenvalue weighted by atomic mass is 16.5. The minimum absolute atomic E-state index is 0.00196. The van der Waals surface area contributed by atoms with Crippen LogP contribution in [0.4, 0.5) is 0 Å². The van der Waals surface area contributed by atoms with E-state index in [1.54, 1.807) is 12.1 Å². The molecule has 1 saturated carbocycles. The molecule has 3 atom stereocenters. The van der Waals surface area contributed by atoms with Crippen molar-refractivity contribution in [3.05, 3.63) is 107 Å². The number of esters is 1. The molecule has 0 spiro atoms. The van der Waals surface area contributed by atoms with Gasteiger partial charge in [-0.15, -0.1) is 0 Å². The Balaban J connectivity index is 1.49. The van der Waals surface area contributed by atoms with Gasteiger partial charge in [0.25, 0.3) is 0 Å². The lowest BCUT2D eigenvalue weighted by Gasteiger charge is -2.50. The first-order valence-corrected chi connectivity index (χ1v) is 13.7. The molecule has 2 aliphatic carbocycles. The van der Waals surface area contributed by atoms with Gasteiger partial charge in [0.05, 0.1) is 24.1 Å². The molecule has 2 aliphatic rings. The van der Waals surface area contributed by atoms with E-state index in [2.05, 4.69) is 61.5 Å². The standard InChI is InChI=1S/C34H32N2O3/c1-21-29-17-16-28-31(26-9-7-8-25(20-26)23-12-14-24(15-13-23)33(38)39-3)35-22(2)36-32(28)34(29,19-18-30(21)37)27-10-5-4-6-11-27/h4-15,20-21,29H,16-19H2,1-3H3/t21-,29-,34+/m0/s1. The molecule has 0 aliphatic heterocycles. The zero-order chi connectivity index (χ0) is 27.1. The molecule has 1 aromatic heterocycles. The van der Waals surface area contributed by atoms with Crippen LogP contribution in [0.3, 0.4) is 0 Å². The summed E-state index contributed by atoms with van der Waals surface area (Å²) in [6.45, 7) is 4.08. The van der Waals surface area contributed by atoms with Crippen LogP contribution in [0.1, 0.15) is 59.2 Å². The van der Waals surface area contributed by atoms with E-state index in [4.69, 9.17) is 14.7 Å². The molecule has 0 saturated heterocycles. The number of carbonyl (C=O) groups is 2. The van der Waals surface area contributed by atoms with Gasteiger partial charge in [-0.05, 0) is 67.0 Å². The highest BCUT2D eigenvalue weighted by molar-refractivity contribution is 5.90. The topological polar surface area (TPSA) is 69.2 Å². The minimum atomic E-state index is -0.345. The molecule has 0 bridgehead atoms. The first-order chi connectivity index (χ1) is 18.9. The first kappa shape index (κ1) is 25.2. The van der Waals surface area contributed by atoms with Crippen molar-refractivity contribution in [1.29, 1.82) is 0 Å². The Morgan fingerprint density at radius 1 is 0.897 bits per heavy atom. The molecule has 5 heteroatoms. The van der Waals surface area contributed by atoms with Crippen molar-refractivity contribution in [2.45, 2.75) is 44.9 Å². The number of aryl methyl sites for hydroxylation is 1. The quantitative estimate of drug-likeness (QED) is 0.281. The third kappa shape index (κ3) is 4.17. The molecule has 0 amide bonds. The van der Waals surface area contributed by atoms with E-state index in [-0.39, 0.29) is 23.2 Å². The van der Waals surface area contributed by atoms with Crippen LogP contribution < -0.4 is 0 Å². The molecule has 4 aromatic rings. The molecule has 196 valence electrons. The normalized spacial score (nSPS) is 22.1. The van der Waals surface area contributed by atoms with Gasteiger partial charge in [-0.1, -0.05) is 67.6 Å². The number of rotatable bonds is 4. The number of ketones is 1. The summed E-state index contributed by atoms with van der Waals surface area (Å²) in [5.41, 5.74) is 7.86. The van der Waals surface area contributed by atoms with E-state index in [0.717, 1.165) is 53.2 Å². The summed E-state index contributed by atoms with van der Waals surface area (Å²) >= 11 is 0. The Morgan fingerprint density at radius 2 is 1.64 bits per heavy atom. The van der Waals surface area contributed by atoms with Crippen LogP contribution in [0.25, 0.3) is 22.4 Å². The van der Waals surface area contributed by atoms with Gasteiger partial charge in [-0.2, -0.15) is 0 Å². The number of fused-ring (bicyclic) bond motifs is 3. The zero-order valence-electron chi connectivity index (χ0n) is 22.6. The van der Waals surface area contributed by atoms with E-state index < -0.39 is 0 Å². The predicted molar refractivity (Wildman–Crippen MR) is 151 cm³/mol. The van der Waals surface area contributed by atoms with Gasteiger partial charge in [0, 0.05) is 28.9 Å². The molecule has 5 nitrogen and oxygen atoms in total. The summed E-state index contributed by atoms with van der Waals surface area (Å²) in [5.74, 6) is 0.990. The molecule has 0 N–H and O–H groups in total. The number of hydrogen-bond donors (Lipinski definition) is 0. The fourth-order valence-electron chi connectivity index (χ4n) is 6.91. The number of benzene rings is 3. The second-order valence-electron chi connectivity index (χ2n) is 10.8. The maximum atomic E-state index is 12.9. The number of Topliss-reactive ketones (excluding diaryl/α,β-unsaturated/α-hetero) is 1. The number of aromatic nitrogens is 2. The lowest BCUT2D eigenvalue weighted by Crippen LogP contribution is -2.50. The lowest BCUT2D eigenvalue weighted by molar-refractivity contribution is -0.128. The average Bonchev–Trinajstić information content (AvgIpc) is 2.98. The van der Waals surface area contributed by atoms with Crippen LogP contribution in [0.15, 0.2) is 78.9 Å². The Bertz CT molecular complexity index is 1560. The van der Waals surface area contributed by atoms with Crippen molar-refractivity contribution in [3.63, 3.8) is 0 Å². The third-order valence-corrected chi connectivity index (χ3v) is 8.82. The second kappa shape index (κ2) is 9.88. The van der Waals surface area contributed by atoms with Gasteiger partial charge in [-0.3, -0.25) is 4.79 Å². The maximum Gasteiger partial charge on any atom is 0.337 e. The van der Waals surface area contributed by atoms with Gasteiger partial charge in [0.15, 0.2) is 0 Å². The Morgan fingerprint density at radius 3 is 2.38 bits per heavy atom. The summed E-state index contributed by atoms with van der Waals surface area (Å²) in [5, 5.41) is 0. The molecule has 3 aromatic carbocycles. The van der Waals surface area contributed by atoms with Crippen molar-refractivity contribution >= 4 is 11.8 Å². The van der Waals surface area contributed by atoms with Gasteiger partial charge in [-0.25, -0.2) is 14.8 Å². The number of ether oxygens (including phenoxy) is 1. The third-order valence-electron chi connectivity index (χ3n) is 8.82. The smallest absolute Gasteiger partial charge is 0.337 e. The highest BCUT2D eigenvalue weighted by Crippen LogP contribution is 2.55. The Kier molecular flexibility index (Phi) is 6.38. The van der Waals surface area contributed by atoms with Crippen LogP contribution >= 0.6 is 0 Å². The predicted octanol–water partition coefficient (Wildman–Crippen LogP) is 6.75. The van der Waals surface area contributed by atoms with E-state index in [0.29, 0.717) is 17.8 Å². The fourth-order valence-corrected chi connectivity index (χ4v) is 6.91. The van der Waals surface area contributed by atoms with Gasteiger partial charge >= 0.3 is 5.97 Å². The lowest BCUT2D eigenvalue weighted by atomic mass is 9.52. The van der Waals surface area contributed by atoms with E-state index in [1.165, 1.54) is 18.2 Å².